The topological polar surface area (TPSA) is 91.4 Å². The van der Waals surface area contributed by atoms with Gasteiger partial charge in [-0.1, -0.05) is 6.92 Å². The van der Waals surface area contributed by atoms with Crippen LogP contribution in [0.3, 0.4) is 0 Å². The Bertz CT molecular complexity index is 525. The van der Waals surface area contributed by atoms with Crippen molar-refractivity contribution in [2.24, 2.45) is 0 Å². The lowest BCUT2D eigenvalue weighted by molar-refractivity contribution is -0.120. The summed E-state index contributed by atoms with van der Waals surface area (Å²) in [5.74, 6) is 0.495. The maximum Gasteiger partial charge on any atom is 0.241 e. The molecule has 21 heavy (non-hydrogen) atoms. The Morgan fingerprint density at radius 3 is 2.81 bits per heavy atom. The van der Waals surface area contributed by atoms with Crippen LogP contribution < -0.4 is 15.8 Å². The summed E-state index contributed by atoms with van der Waals surface area (Å²) in [4.78, 5) is 14.2. The van der Waals surface area contributed by atoms with Gasteiger partial charge in [0.2, 0.25) is 5.91 Å². The Morgan fingerprint density at radius 2 is 2.29 bits per heavy atom. The van der Waals surface area contributed by atoms with Gasteiger partial charge in [-0.05, 0) is 25.6 Å². The number of rotatable bonds is 7. The predicted molar refractivity (Wildman–Crippen MR) is 83.0 cm³/mol. The smallest absolute Gasteiger partial charge is 0.241 e. The van der Waals surface area contributed by atoms with Gasteiger partial charge >= 0.3 is 0 Å². The highest BCUT2D eigenvalue weighted by Crippen LogP contribution is 2.24. The number of carbonyl (C=O) groups is 1. The number of hydrogen-bond acceptors (Lipinski definition) is 5. The van der Waals surface area contributed by atoms with Gasteiger partial charge in [0, 0.05) is 19.0 Å². The van der Waals surface area contributed by atoms with Crippen LogP contribution in [0.1, 0.15) is 20.3 Å². The monoisotopic (exact) mass is 290 g/mol. The summed E-state index contributed by atoms with van der Waals surface area (Å²) >= 11 is 0. The van der Waals surface area contributed by atoms with Crippen LogP contribution in [0.5, 0.6) is 5.75 Å². The van der Waals surface area contributed by atoms with E-state index in [1.165, 1.54) is 0 Å². The van der Waals surface area contributed by atoms with Crippen molar-refractivity contribution < 1.29 is 9.53 Å². The second-order valence-electron chi connectivity index (χ2n) is 4.66. The minimum atomic E-state index is -0.329. The van der Waals surface area contributed by atoms with Gasteiger partial charge in [-0.2, -0.15) is 5.26 Å². The molecule has 1 atom stereocenters. The molecule has 0 heterocycles. The molecule has 0 radical (unpaired) electrons. The Hall–Kier alpha value is -2.26. The van der Waals surface area contributed by atoms with Gasteiger partial charge in [0.1, 0.15) is 5.75 Å². The third kappa shape index (κ3) is 4.65. The SMILES string of the molecule is CCN(CCC#N)C(C)C(=O)Nc1ccc(OC)cc1N. The number of nitrogens with two attached hydrogens (primary N) is 1. The van der Waals surface area contributed by atoms with E-state index in [2.05, 4.69) is 11.4 Å². The maximum atomic E-state index is 12.3. The number of nitrogen functional groups attached to an aromatic ring is 1. The van der Waals surface area contributed by atoms with Crippen LogP contribution in [0.25, 0.3) is 0 Å². The molecular formula is C15H22N4O2. The summed E-state index contributed by atoms with van der Waals surface area (Å²) in [6.45, 7) is 5.05. The van der Waals surface area contributed by atoms with Crippen LogP contribution >= 0.6 is 0 Å². The molecule has 0 saturated heterocycles. The molecule has 1 amide bonds. The molecule has 0 fully saturated rings. The van der Waals surface area contributed by atoms with E-state index in [0.29, 0.717) is 36.6 Å². The molecule has 3 N–H and O–H groups in total. The molecule has 1 aromatic carbocycles. The minimum Gasteiger partial charge on any atom is -0.497 e. The summed E-state index contributed by atoms with van der Waals surface area (Å²) in [5.41, 5.74) is 6.90. The lowest BCUT2D eigenvalue weighted by atomic mass is 10.2. The number of benzene rings is 1. The molecular weight excluding hydrogens is 268 g/mol. The van der Waals surface area contributed by atoms with Gasteiger partial charge in [0.05, 0.1) is 30.6 Å². The average Bonchev–Trinajstić information content (AvgIpc) is 2.49. The van der Waals surface area contributed by atoms with Crippen LogP contribution in [0.2, 0.25) is 0 Å². The Balaban J connectivity index is 2.73. The highest BCUT2D eigenvalue weighted by atomic mass is 16.5. The molecule has 114 valence electrons. The Kier molecular flexibility index (Phi) is 6.50. The van der Waals surface area contributed by atoms with E-state index in [1.54, 1.807) is 25.3 Å². The van der Waals surface area contributed by atoms with Crippen LogP contribution in [0, 0.1) is 11.3 Å². The highest BCUT2D eigenvalue weighted by Gasteiger charge is 2.20. The van der Waals surface area contributed by atoms with Gasteiger partial charge in [-0.25, -0.2) is 0 Å². The highest BCUT2D eigenvalue weighted by molar-refractivity contribution is 5.97. The van der Waals surface area contributed by atoms with Crippen LogP contribution in [-0.4, -0.2) is 37.0 Å². The number of nitriles is 1. The van der Waals surface area contributed by atoms with Crippen molar-refractivity contribution in [2.75, 3.05) is 31.2 Å². The Morgan fingerprint density at radius 1 is 1.57 bits per heavy atom. The summed E-state index contributed by atoms with van der Waals surface area (Å²) in [5, 5.41) is 11.5. The zero-order chi connectivity index (χ0) is 15.8. The molecule has 6 nitrogen and oxygen atoms in total. The molecule has 1 aromatic rings. The van der Waals surface area contributed by atoms with Crippen molar-refractivity contribution in [1.29, 1.82) is 5.26 Å². The third-order valence-electron chi connectivity index (χ3n) is 3.36. The number of hydrogen-bond donors (Lipinski definition) is 2. The fourth-order valence-corrected chi connectivity index (χ4v) is 2.00. The molecule has 6 heteroatoms. The van der Waals surface area contributed by atoms with Gasteiger partial charge in [-0.15, -0.1) is 0 Å². The number of likely N-dealkylation sites (N-methyl/N-ethyl adjacent to an activating group) is 1. The van der Waals surface area contributed by atoms with Gasteiger partial charge in [-0.3, -0.25) is 9.69 Å². The molecule has 0 aliphatic carbocycles. The number of methoxy groups -OCH3 is 1. The summed E-state index contributed by atoms with van der Waals surface area (Å²) < 4.78 is 5.07. The lowest BCUT2D eigenvalue weighted by Crippen LogP contribution is -2.42. The van der Waals surface area contributed by atoms with Crippen molar-refractivity contribution in [3.63, 3.8) is 0 Å². The number of amides is 1. The van der Waals surface area contributed by atoms with Crippen LogP contribution in [-0.2, 0) is 4.79 Å². The van der Waals surface area contributed by atoms with E-state index < -0.39 is 0 Å². The van der Waals surface area contributed by atoms with E-state index in [9.17, 15) is 4.79 Å². The molecule has 1 unspecified atom stereocenters. The molecule has 0 aliphatic rings. The molecule has 0 aromatic heterocycles. The van der Waals surface area contributed by atoms with Gasteiger partial charge in [0.25, 0.3) is 0 Å². The van der Waals surface area contributed by atoms with Crippen molar-refractivity contribution >= 4 is 17.3 Å². The number of nitrogens with zero attached hydrogens (tertiary/aromatic N) is 2. The summed E-state index contributed by atoms with van der Waals surface area (Å²) in [6.07, 6.45) is 0.399. The fourth-order valence-electron chi connectivity index (χ4n) is 2.00. The normalized spacial score (nSPS) is 11.8. The number of ether oxygens (including phenoxy) is 1. The van der Waals surface area contributed by atoms with Gasteiger partial charge < -0.3 is 15.8 Å². The summed E-state index contributed by atoms with van der Waals surface area (Å²) in [7, 11) is 1.56. The first-order valence-corrected chi connectivity index (χ1v) is 6.88. The van der Waals surface area contributed by atoms with E-state index in [4.69, 9.17) is 15.7 Å². The first-order valence-electron chi connectivity index (χ1n) is 6.88. The first kappa shape index (κ1) is 16.8. The van der Waals surface area contributed by atoms with Crippen molar-refractivity contribution in [1.82, 2.24) is 4.90 Å². The molecule has 0 bridgehead atoms. The second-order valence-corrected chi connectivity index (χ2v) is 4.66. The van der Waals surface area contributed by atoms with Crippen LogP contribution in [0.15, 0.2) is 18.2 Å². The Labute approximate surface area is 125 Å². The van der Waals surface area contributed by atoms with Crippen molar-refractivity contribution in [2.45, 2.75) is 26.3 Å². The quantitative estimate of drug-likeness (QED) is 0.748. The minimum absolute atomic E-state index is 0.147. The predicted octanol–water partition coefficient (Wildman–Crippen LogP) is 1.84. The van der Waals surface area contributed by atoms with Crippen molar-refractivity contribution in [3.8, 4) is 11.8 Å². The third-order valence-corrected chi connectivity index (χ3v) is 3.36. The van der Waals surface area contributed by atoms with Gasteiger partial charge in [0.15, 0.2) is 0 Å². The maximum absolute atomic E-state index is 12.3. The van der Waals surface area contributed by atoms with E-state index >= 15 is 0 Å². The first-order chi connectivity index (χ1) is 10.0. The second kappa shape index (κ2) is 8.12. The summed E-state index contributed by atoms with van der Waals surface area (Å²) in [6, 6.07) is 6.87. The largest absolute Gasteiger partial charge is 0.497 e. The van der Waals surface area contributed by atoms with Crippen LogP contribution in [0.4, 0.5) is 11.4 Å². The standard InChI is InChI=1S/C15H22N4O2/c1-4-19(9-5-8-16)11(2)15(20)18-14-7-6-12(21-3)10-13(14)17/h6-7,10-11H,4-5,9,17H2,1-3H3,(H,18,20). The zero-order valence-electron chi connectivity index (χ0n) is 12.7. The zero-order valence-corrected chi connectivity index (χ0v) is 12.7. The average molecular weight is 290 g/mol. The number of nitrogens with one attached hydrogen (secondary N) is 1. The lowest BCUT2D eigenvalue weighted by Gasteiger charge is -2.26. The van der Waals surface area contributed by atoms with E-state index in [1.807, 2.05) is 18.7 Å². The number of carbonyl (C=O) groups excluding carboxylic acids is 1. The number of anilines is 2. The molecule has 1 rings (SSSR count). The fraction of sp³-hybridized carbons (Fsp3) is 0.467. The van der Waals surface area contributed by atoms with Crippen molar-refractivity contribution in [3.05, 3.63) is 18.2 Å². The molecule has 0 aliphatic heterocycles. The van der Waals surface area contributed by atoms with E-state index in [0.717, 1.165) is 0 Å². The molecule has 0 saturated carbocycles. The van der Waals surface area contributed by atoms with E-state index in [-0.39, 0.29) is 11.9 Å². The molecule has 0 spiro atoms.